The molecule has 1 aliphatic rings. The van der Waals surface area contributed by atoms with Gasteiger partial charge in [-0.15, -0.1) is 0 Å². The molecule has 1 aliphatic carbocycles. The Kier molecular flexibility index (Phi) is 2.91. The molecule has 2 rings (SSSR count). The third-order valence-electron chi connectivity index (χ3n) is 3.13. The van der Waals surface area contributed by atoms with E-state index >= 15 is 0 Å². The van der Waals surface area contributed by atoms with Crippen LogP contribution < -0.4 is 4.74 Å². The highest BCUT2D eigenvalue weighted by atomic mass is 16.5. The van der Waals surface area contributed by atoms with Crippen LogP contribution in [0.1, 0.15) is 37.8 Å². The molecule has 0 bridgehead atoms. The van der Waals surface area contributed by atoms with Crippen molar-refractivity contribution in [2.45, 2.75) is 37.7 Å². The molecule has 0 saturated heterocycles. The molecular weight excluding hydrogens is 190 g/mol. The fraction of sp³-hybridized carbons (Fsp3) is 0.583. The van der Waals surface area contributed by atoms with Crippen molar-refractivity contribution < 1.29 is 9.84 Å². The number of methoxy groups -OCH3 is 1. The average molecular weight is 207 g/mol. The second-order valence-corrected chi connectivity index (χ2v) is 4.18. The number of aromatic nitrogens is 1. The summed E-state index contributed by atoms with van der Waals surface area (Å²) in [6.45, 7) is 0. The molecule has 0 unspecified atom stereocenters. The van der Waals surface area contributed by atoms with E-state index in [9.17, 15) is 5.11 Å². The highest BCUT2D eigenvalue weighted by Crippen LogP contribution is 2.36. The van der Waals surface area contributed by atoms with Gasteiger partial charge in [0.15, 0.2) is 0 Å². The van der Waals surface area contributed by atoms with Gasteiger partial charge in [0.2, 0.25) is 0 Å². The molecule has 0 aliphatic heterocycles. The number of nitrogens with zero attached hydrogens (tertiary/aromatic N) is 1. The Hall–Kier alpha value is -1.09. The van der Waals surface area contributed by atoms with Gasteiger partial charge >= 0.3 is 0 Å². The van der Waals surface area contributed by atoms with Crippen LogP contribution in [-0.4, -0.2) is 17.2 Å². The lowest BCUT2D eigenvalue weighted by Gasteiger charge is -2.31. The van der Waals surface area contributed by atoms with Gasteiger partial charge in [0.05, 0.1) is 19.0 Å². The van der Waals surface area contributed by atoms with E-state index in [0.717, 1.165) is 37.1 Å². The van der Waals surface area contributed by atoms with Crippen molar-refractivity contribution in [3.05, 3.63) is 24.0 Å². The maximum Gasteiger partial charge on any atom is 0.137 e. The minimum atomic E-state index is -0.704. The quantitative estimate of drug-likeness (QED) is 0.808. The predicted octanol–water partition coefficient (Wildman–Crippen LogP) is 2.24. The number of hydrogen-bond acceptors (Lipinski definition) is 3. The first-order valence-electron chi connectivity index (χ1n) is 5.47. The smallest absolute Gasteiger partial charge is 0.137 e. The van der Waals surface area contributed by atoms with Gasteiger partial charge in [-0.05, 0) is 25.0 Å². The molecule has 1 saturated carbocycles. The number of pyridine rings is 1. The fourth-order valence-corrected chi connectivity index (χ4v) is 2.17. The van der Waals surface area contributed by atoms with Gasteiger partial charge in [-0.1, -0.05) is 19.3 Å². The summed E-state index contributed by atoms with van der Waals surface area (Å²) < 4.78 is 5.05. The van der Waals surface area contributed by atoms with Crippen LogP contribution >= 0.6 is 0 Å². The highest BCUT2D eigenvalue weighted by Gasteiger charge is 2.32. The molecule has 1 aromatic rings. The van der Waals surface area contributed by atoms with Crippen LogP contribution in [0.4, 0.5) is 0 Å². The first kappa shape index (κ1) is 10.4. The Morgan fingerprint density at radius 2 is 2.00 bits per heavy atom. The molecule has 3 heteroatoms. The van der Waals surface area contributed by atoms with Gasteiger partial charge in [0.25, 0.3) is 0 Å². The topological polar surface area (TPSA) is 42.4 Å². The van der Waals surface area contributed by atoms with Crippen molar-refractivity contribution in [1.29, 1.82) is 0 Å². The first-order valence-corrected chi connectivity index (χ1v) is 5.47. The Bertz CT molecular complexity index is 315. The molecule has 1 N–H and O–H groups in total. The lowest BCUT2D eigenvalue weighted by atomic mass is 9.82. The summed E-state index contributed by atoms with van der Waals surface area (Å²) in [7, 11) is 1.62. The molecule has 0 amide bonds. The molecular formula is C12H17NO2. The van der Waals surface area contributed by atoms with Crippen LogP contribution in [0.15, 0.2) is 18.3 Å². The standard InChI is InChI=1S/C12H17NO2/c1-15-10-5-6-11(13-9-10)12(14)7-3-2-4-8-12/h5-6,9,14H,2-4,7-8H2,1H3. The van der Waals surface area contributed by atoms with Crippen molar-refractivity contribution in [3.63, 3.8) is 0 Å². The van der Waals surface area contributed by atoms with E-state index in [2.05, 4.69) is 4.98 Å². The summed E-state index contributed by atoms with van der Waals surface area (Å²) in [5.74, 6) is 0.734. The molecule has 15 heavy (non-hydrogen) atoms. The maximum atomic E-state index is 10.4. The predicted molar refractivity (Wildman–Crippen MR) is 57.8 cm³/mol. The van der Waals surface area contributed by atoms with Crippen LogP contribution in [0.25, 0.3) is 0 Å². The summed E-state index contributed by atoms with van der Waals surface area (Å²) in [5.41, 5.74) is 0.0767. The third kappa shape index (κ3) is 2.12. The maximum absolute atomic E-state index is 10.4. The molecule has 0 aromatic carbocycles. The minimum absolute atomic E-state index is 0.704. The lowest BCUT2D eigenvalue weighted by Crippen LogP contribution is -2.29. The first-order chi connectivity index (χ1) is 7.24. The zero-order valence-corrected chi connectivity index (χ0v) is 9.07. The number of rotatable bonds is 2. The van der Waals surface area contributed by atoms with E-state index in [1.807, 2.05) is 12.1 Å². The van der Waals surface area contributed by atoms with E-state index in [1.165, 1.54) is 6.42 Å². The Morgan fingerprint density at radius 3 is 2.53 bits per heavy atom. The number of hydrogen-bond donors (Lipinski definition) is 1. The normalized spacial score (nSPS) is 19.9. The molecule has 1 heterocycles. The Labute approximate surface area is 90.1 Å². The zero-order valence-electron chi connectivity index (χ0n) is 9.07. The van der Waals surface area contributed by atoms with Gasteiger partial charge in [-0.2, -0.15) is 0 Å². The molecule has 1 fully saturated rings. The van der Waals surface area contributed by atoms with E-state index in [0.29, 0.717) is 0 Å². The zero-order chi connectivity index (χ0) is 10.7. The van der Waals surface area contributed by atoms with Crippen LogP contribution in [-0.2, 0) is 5.60 Å². The molecule has 0 spiro atoms. The summed E-state index contributed by atoms with van der Waals surface area (Å²) in [5, 5.41) is 10.4. The number of ether oxygens (including phenoxy) is 1. The van der Waals surface area contributed by atoms with Gasteiger partial charge in [-0.3, -0.25) is 4.98 Å². The van der Waals surface area contributed by atoms with Crippen LogP contribution in [0.5, 0.6) is 5.75 Å². The van der Waals surface area contributed by atoms with Crippen LogP contribution in [0, 0.1) is 0 Å². The largest absolute Gasteiger partial charge is 0.495 e. The van der Waals surface area contributed by atoms with Crippen molar-refractivity contribution >= 4 is 0 Å². The summed E-state index contributed by atoms with van der Waals surface area (Å²) in [6, 6.07) is 3.72. The molecule has 1 aromatic heterocycles. The molecule has 0 atom stereocenters. The summed E-state index contributed by atoms with van der Waals surface area (Å²) in [4.78, 5) is 4.27. The van der Waals surface area contributed by atoms with Crippen LogP contribution in [0.2, 0.25) is 0 Å². The SMILES string of the molecule is COc1ccc(C2(O)CCCCC2)nc1. The third-order valence-corrected chi connectivity index (χ3v) is 3.13. The van der Waals surface area contributed by atoms with E-state index in [1.54, 1.807) is 13.3 Å². The fourth-order valence-electron chi connectivity index (χ4n) is 2.17. The number of aliphatic hydroxyl groups is 1. The average Bonchev–Trinajstić information content (AvgIpc) is 2.30. The summed E-state index contributed by atoms with van der Waals surface area (Å²) >= 11 is 0. The van der Waals surface area contributed by atoms with E-state index in [-0.39, 0.29) is 0 Å². The van der Waals surface area contributed by atoms with Gasteiger partial charge in [0.1, 0.15) is 11.4 Å². The highest BCUT2D eigenvalue weighted by molar-refractivity contribution is 5.23. The van der Waals surface area contributed by atoms with Crippen LogP contribution in [0.3, 0.4) is 0 Å². The van der Waals surface area contributed by atoms with Crippen molar-refractivity contribution in [2.24, 2.45) is 0 Å². The summed E-state index contributed by atoms with van der Waals surface area (Å²) in [6.07, 6.45) is 6.72. The second kappa shape index (κ2) is 4.19. The molecule has 82 valence electrons. The van der Waals surface area contributed by atoms with Crippen molar-refractivity contribution in [2.75, 3.05) is 7.11 Å². The van der Waals surface area contributed by atoms with Crippen molar-refractivity contribution in [1.82, 2.24) is 4.98 Å². The lowest BCUT2D eigenvalue weighted by molar-refractivity contribution is -0.00468. The molecule has 0 radical (unpaired) electrons. The monoisotopic (exact) mass is 207 g/mol. The second-order valence-electron chi connectivity index (χ2n) is 4.18. The Morgan fingerprint density at radius 1 is 1.27 bits per heavy atom. The Balaban J connectivity index is 2.20. The van der Waals surface area contributed by atoms with E-state index < -0.39 is 5.60 Å². The van der Waals surface area contributed by atoms with E-state index in [4.69, 9.17) is 4.74 Å². The van der Waals surface area contributed by atoms with Gasteiger partial charge < -0.3 is 9.84 Å². The van der Waals surface area contributed by atoms with Gasteiger partial charge in [0, 0.05) is 0 Å². The molecule has 3 nitrogen and oxygen atoms in total. The minimum Gasteiger partial charge on any atom is -0.495 e. The van der Waals surface area contributed by atoms with Crippen molar-refractivity contribution in [3.8, 4) is 5.75 Å². The van der Waals surface area contributed by atoms with Gasteiger partial charge in [-0.25, -0.2) is 0 Å².